The molecule has 8 nitrogen and oxygen atoms in total. The van der Waals surface area contributed by atoms with E-state index in [9.17, 15) is 19.8 Å². The van der Waals surface area contributed by atoms with Crippen LogP contribution in [0.3, 0.4) is 0 Å². The summed E-state index contributed by atoms with van der Waals surface area (Å²) in [4.78, 5) is 20.6. The van der Waals surface area contributed by atoms with E-state index in [4.69, 9.17) is 18.9 Å². The number of carbonyl (C=O) groups is 2. The van der Waals surface area contributed by atoms with Crippen LogP contribution < -0.4 is 29.2 Å². The van der Waals surface area contributed by atoms with Crippen LogP contribution in [0.15, 0.2) is 97.1 Å². The Morgan fingerprint density at radius 1 is 0.356 bits per heavy atom. The van der Waals surface area contributed by atoms with Crippen LogP contribution in [-0.4, -0.2) is 39.4 Å². The predicted octanol–water partition coefficient (Wildman–Crippen LogP) is 10.8. The van der Waals surface area contributed by atoms with Gasteiger partial charge in [0, 0.05) is 11.9 Å². The average Bonchev–Trinajstić information content (AvgIpc) is 3.25. The van der Waals surface area contributed by atoms with Crippen LogP contribution in [-0.2, 0) is 29.1 Å². The number of carbonyl (C=O) groups excluding carboxylic acids is 2. The van der Waals surface area contributed by atoms with Crippen LogP contribution in [0.1, 0.15) is 128 Å². The SMILES string of the molecule is COc1ccc(-c2ccc(OCCCCCCCCCCCC(=O)[O-])cc2)cc1.COc1ccc(-c2ccc(OCCCCCCCCCCCC(=O)[O-])cc2)cc1.[Zn+2]. The fraction of sp³-hybridized carbons (Fsp3) is 0.480. The molecule has 0 saturated heterocycles. The van der Waals surface area contributed by atoms with Crippen LogP contribution in [0.25, 0.3) is 22.3 Å². The molecule has 4 aromatic carbocycles. The minimum atomic E-state index is -0.930. The summed E-state index contributed by atoms with van der Waals surface area (Å²) in [6.07, 6.45) is 20.5. The van der Waals surface area contributed by atoms with E-state index < -0.39 is 11.9 Å². The van der Waals surface area contributed by atoms with E-state index >= 15 is 0 Å². The topological polar surface area (TPSA) is 117 Å². The fourth-order valence-corrected chi connectivity index (χ4v) is 6.65. The first-order valence-electron chi connectivity index (χ1n) is 21.5. The number of benzene rings is 4. The zero-order chi connectivity index (χ0) is 41.5. The quantitative estimate of drug-likeness (QED) is 0.0376. The van der Waals surface area contributed by atoms with Gasteiger partial charge in [-0.1, -0.05) is 138 Å². The Morgan fingerprint density at radius 2 is 0.576 bits per heavy atom. The molecule has 0 bridgehead atoms. The Morgan fingerprint density at radius 3 is 0.814 bits per heavy atom. The minimum Gasteiger partial charge on any atom is -0.550 e. The van der Waals surface area contributed by atoms with Crippen molar-refractivity contribution in [2.45, 2.75) is 128 Å². The summed E-state index contributed by atoms with van der Waals surface area (Å²) in [6.45, 7) is 1.51. The summed E-state index contributed by atoms with van der Waals surface area (Å²) in [5.41, 5.74) is 4.66. The van der Waals surface area contributed by atoms with E-state index in [2.05, 4.69) is 48.5 Å². The molecular formula is C50H66O8Zn. The van der Waals surface area contributed by atoms with Gasteiger partial charge in [0.25, 0.3) is 0 Å². The summed E-state index contributed by atoms with van der Waals surface area (Å²) >= 11 is 0. The zero-order valence-corrected chi connectivity index (χ0v) is 38.7. The summed E-state index contributed by atoms with van der Waals surface area (Å²) < 4.78 is 22.1. The van der Waals surface area contributed by atoms with Crippen molar-refractivity contribution in [2.75, 3.05) is 27.4 Å². The maximum atomic E-state index is 10.3. The zero-order valence-electron chi connectivity index (χ0n) is 35.8. The van der Waals surface area contributed by atoms with Crippen LogP contribution >= 0.6 is 0 Å². The molecule has 0 spiro atoms. The summed E-state index contributed by atoms with van der Waals surface area (Å²) in [5.74, 6) is 1.70. The van der Waals surface area contributed by atoms with Gasteiger partial charge in [0.1, 0.15) is 23.0 Å². The Balaban J connectivity index is 0.000000400. The van der Waals surface area contributed by atoms with Crippen molar-refractivity contribution in [3.05, 3.63) is 97.1 Å². The van der Waals surface area contributed by atoms with Crippen molar-refractivity contribution in [3.8, 4) is 45.3 Å². The van der Waals surface area contributed by atoms with Crippen LogP contribution in [0.2, 0.25) is 0 Å². The van der Waals surface area contributed by atoms with Gasteiger partial charge < -0.3 is 38.7 Å². The molecule has 0 amide bonds. The molecule has 316 valence electrons. The molecule has 0 aromatic heterocycles. The third kappa shape index (κ3) is 23.7. The van der Waals surface area contributed by atoms with Gasteiger partial charge in [-0.25, -0.2) is 0 Å². The number of hydrogen-bond acceptors (Lipinski definition) is 8. The number of hydrogen-bond donors (Lipinski definition) is 0. The molecule has 0 unspecified atom stereocenters. The Kier molecular flexibility index (Phi) is 28.0. The molecule has 0 radical (unpaired) electrons. The van der Waals surface area contributed by atoms with E-state index in [1.165, 1.54) is 75.3 Å². The average molecular weight is 860 g/mol. The smallest absolute Gasteiger partial charge is 0.550 e. The Bertz CT molecular complexity index is 1520. The van der Waals surface area contributed by atoms with Crippen LogP contribution in [0, 0.1) is 0 Å². The molecular weight excluding hydrogens is 794 g/mol. The first-order valence-corrected chi connectivity index (χ1v) is 21.5. The van der Waals surface area contributed by atoms with Gasteiger partial charge in [-0.2, -0.15) is 0 Å². The molecule has 0 N–H and O–H groups in total. The van der Waals surface area contributed by atoms with Crippen molar-refractivity contribution in [1.29, 1.82) is 0 Å². The first-order chi connectivity index (χ1) is 28.4. The molecule has 0 heterocycles. The van der Waals surface area contributed by atoms with E-state index in [-0.39, 0.29) is 32.3 Å². The number of ether oxygens (including phenoxy) is 4. The molecule has 0 atom stereocenters. The summed E-state index contributed by atoms with van der Waals surface area (Å²) in [6, 6.07) is 32.6. The third-order valence-electron chi connectivity index (χ3n) is 10.1. The molecule has 0 aliphatic heterocycles. The number of carboxylic acid groups (broad SMARTS) is 2. The molecule has 4 aromatic rings. The van der Waals surface area contributed by atoms with E-state index in [1.54, 1.807) is 14.2 Å². The maximum Gasteiger partial charge on any atom is 2.00 e. The second-order valence-electron chi connectivity index (χ2n) is 14.8. The van der Waals surface area contributed by atoms with Crippen LogP contribution in [0.5, 0.6) is 23.0 Å². The standard InChI is InChI=1S/2C25H34O4.Zn/c2*1-28-23-16-12-21(13-17-23)22-14-18-24(19-15-22)29-20-10-8-6-4-2-3-5-7-9-11-25(26)27;/h2*12-19H,2-11,20H2,1H3,(H,26,27);/q;;+2/p-2. The molecule has 59 heavy (non-hydrogen) atoms. The molecule has 4 rings (SSSR count). The molecule has 0 aliphatic carbocycles. The summed E-state index contributed by atoms with van der Waals surface area (Å²) in [5, 5.41) is 20.6. The number of aliphatic carboxylic acids is 2. The Labute approximate surface area is 366 Å². The Hall–Kier alpha value is -4.36. The van der Waals surface area contributed by atoms with Gasteiger partial charge in [-0.15, -0.1) is 0 Å². The molecule has 0 saturated carbocycles. The van der Waals surface area contributed by atoms with Crippen molar-refractivity contribution in [1.82, 2.24) is 0 Å². The number of rotatable bonds is 30. The maximum absolute atomic E-state index is 10.3. The van der Waals surface area contributed by atoms with Gasteiger partial charge in [0.05, 0.1) is 27.4 Å². The van der Waals surface area contributed by atoms with Crippen LogP contribution in [0.4, 0.5) is 0 Å². The largest absolute Gasteiger partial charge is 2.00 e. The molecule has 9 heteroatoms. The van der Waals surface area contributed by atoms with Crippen molar-refractivity contribution in [3.63, 3.8) is 0 Å². The van der Waals surface area contributed by atoms with E-state index in [0.29, 0.717) is 0 Å². The van der Waals surface area contributed by atoms with Gasteiger partial charge in [-0.05, 0) is 109 Å². The fourth-order valence-electron chi connectivity index (χ4n) is 6.65. The van der Waals surface area contributed by atoms with Gasteiger partial charge in [0.2, 0.25) is 0 Å². The van der Waals surface area contributed by atoms with Gasteiger partial charge in [0.15, 0.2) is 0 Å². The minimum absolute atomic E-state index is 0. The number of carboxylic acids is 2. The van der Waals surface area contributed by atoms with Crippen molar-refractivity contribution >= 4 is 11.9 Å². The number of methoxy groups -OCH3 is 2. The predicted molar refractivity (Wildman–Crippen MR) is 230 cm³/mol. The number of unbranched alkanes of at least 4 members (excludes halogenated alkanes) is 16. The second kappa shape index (κ2) is 32.5. The van der Waals surface area contributed by atoms with Gasteiger partial charge >= 0.3 is 19.5 Å². The first kappa shape index (κ1) is 50.8. The normalized spacial score (nSPS) is 10.5. The van der Waals surface area contributed by atoms with E-state index in [1.807, 2.05) is 48.5 Å². The van der Waals surface area contributed by atoms with Gasteiger partial charge in [-0.3, -0.25) is 0 Å². The van der Waals surface area contributed by atoms with Crippen molar-refractivity contribution < 1.29 is 58.2 Å². The van der Waals surface area contributed by atoms with E-state index in [0.717, 1.165) is 98.7 Å². The molecule has 0 fully saturated rings. The summed E-state index contributed by atoms with van der Waals surface area (Å²) in [7, 11) is 3.35. The monoisotopic (exact) mass is 858 g/mol. The molecule has 0 aliphatic rings. The van der Waals surface area contributed by atoms with Crippen molar-refractivity contribution in [2.24, 2.45) is 0 Å². The third-order valence-corrected chi connectivity index (χ3v) is 10.1. The second-order valence-corrected chi connectivity index (χ2v) is 14.8.